The van der Waals surface area contributed by atoms with Gasteiger partial charge >= 0.3 is 0 Å². The van der Waals surface area contributed by atoms with Crippen LogP contribution in [-0.2, 0) is 13.2 Å². The Bertz CT molecular complexity index is 747. The van der Waals surface area contributed by atoms with Crippen LogP contribution in [0.25, 0.3) is 0 Å². The Hall–Kier alpha value is -1.54. The van der Waals surface area contributed by atoms with Gasteiger partial charge in [0.05, 0.1) is 6.10 Å². The maximum atomic E-state index is 9.81. The van der Waals surface area contributed by atoms with Crippen LogP contribution in [0.3, 0.4) is 0 Å². The number of hydrogen-bond donors (Lipinski definition) is 2. The third kappa shape index (κ3) is 4.76. The van der Waals surface area contributed by atoms with Crippen LogP contribution in [0.2, 0.25) is 5.02 Å². The molecule has 134 valence electrons. The minimum Gasteiger partial charge on any atom is -0.492 e. The van der Waals surface area contributed by atoms with E-state index < -0.39 is 0 Å². The highest BCUT2D eigenvalue weighted by Crippen LogP contribution is 2.30. The van der Waals surface area contributed by atoms with Gasteiger partial charge in [-0.15, -0.1) is 11.8 Å². The Kier molecular flexibility index (Phi) is 6.01. The van der Waals surface area contributed by atoms with Gasteiger partial charge in [-0.1, -0.05) is 11.6 Å². The Morgan fingerprint density at radius 3 is 2.96 bits per heavy atom. The zero-order valence-corrected chi connectivity index (χ0v) is 15.4. The lowest BCUT2D eigenvalue weighted by Gasteiger charge is -2.18. The number of aromatic hydroxyl groups is 1. The van der Waals surface area contributed by atoms with E-state index >= 15 is 0 Å². The average molecular weight is 382 g/mol. The molecule has 1 atom stereocenters. The number of aromatic nitrogens is 2. The highest BCUT2D eigenvalue weighted by atomic mass is 35.5. The monoisotopic (exact) mass is 381 g/mol. The van der Waals surface area contributed by atoms with Crippen molar-refractivity contribution in [3.05, 3.63) is 40.7 Å². The molecule has 0 bridgehead atoms. The van der Waals surface area contributed by atoms with Crippen LogP contribution < -0.4 is 4.74 Å². The highest BCUT2D eigenvalue weighted by molar-refractivity contribution is 7.98. The van der Waals surface area contributed by atoms with E-state index in [1.165, 1.54) is 0 Å². The first-order valence-electron chi connectivity index (χ1n) is 7.94. The highest BCUT2D eigenvalue weighted by Gasteiger charge is 2.22. The fraction of sp³-hybridized carbons (Fsp3) is 0.412. The number of ether oxygens (including phenoxy) is 1. The lowest BCUT2D eigenvalue weighted by Crippen LogP contribution is -2.22. The molecule has 6 nitrogen and oxygen atoms in total. The van der Waals surface area contributed by atoms with Gasteiger partial charge in [-0.2, -0.15) is 4.98 Å². The van der Waals surface area contributed by atoms with Crippen LogP contribution in [-0.4, -0.2) is 50.5 Å². The molecule has 1 aliphatic rings. The van der Waals surface area contributed by atoms with Gasteiger partial charge in [0.1, 0.15) is 11.6 Å². The van der Waals surface area contributed by atoms with E-state index in [0.717, 1.165) is 29.0 Å². The van der Waals surface area contributed by atoms with E-state index in [9.17, 15) is 10.2 Å². The summed E-state index contributed by atoms with van der Waals surface area (Å²) >= 11 is 7.62. The molecule has 25 heavy (non-hydrogen) atoms. The first-order valence-corrected chi connectivity index (χ1v) is 9.55. The van der Waals surface area contributed by atoms with Gasteiger partial charge < -0.3 is 14.9 Å². The maximum Gasteiger partial charge on any atom is 0.233 e. The summed E-state index contributed by atoms with van der Waals surface area (Å²) < 4.78 is 5.83. The van der Waals surface area contributed by atoms with Crippen LogP contribution in [0.15, 0.2) is 29.4 Å². The van der Waals surface area contributed by atoms with E-state index in [2.05, 4.69) is 14.9 Å². The molecular formula is C17H20ClN3O3S. The minimum absolute atomic E-state index is 0.188. The van der Waals surface area contributed by atoms with E-state index in [0.29, 0.717) is 25.6 Å². The Labute approximate surface area is 155 Å². The summed E-state index contributed by atoms with van der Waals surface area (Å²) in [4.78, 5) is 11.4. The number of nitrogens with zero attached hydrogens (tertiary/aromatic N) is 3. The van der Waals surface area contributed by atoms with Gasteiger partial charge in [0.25, 0.3) is 0 Å². The van der Waals surface area contributed by atoms with Crippen LogP contribution in [0.1, 0.15) is 17.5 Å². The molecule has 2 N–H and O–H groups in total. The quantitative estimate of drug-likeness (QED) is 0.745. The summed E-state index contributed by atoms with van der Waals surface area (Å²) in [6, 6.07) is 3.67. The topological polar surface area (TPSA) is 78.7 Å². The van der Waals surface area contributed by atoms with Crippen molar-refractivity contribution in [2.24, 2.45) is 0 Å². The minimum atomic E-state index is -0.301. The summed E-state index contributed by atoms with van der Waals surface area (Å²) in [6.07, 6.45) is 5.98. The standard InChI is InChI=1S/C17H20ClN3O3S/c1-25-14-4-11(6-19-7-14)10-24-17-12(5-15(18)16(23)20-17)8-21-3-2-13(22)9-21/h4-7,13,22H,2-3,8-10H2,1H3,(H,20,23). The number of thioether (sulfide) groups is 1. The van der Waals surface area contributed by atoms with Crippen molar-refractivity contribution in [2.45, 2.75) is 30.6 Å². The molecule has 1 saturated heterocycles. The zero-order chi connectivity index (χ0) is 17.8. The molecule has 0 aromatic carbocycles. The molecule has 0 radical (unpaired) electrons. The van der Waals surface area contributed by atoms with E-state index in [4.69, 9.17) is 16.3 Å². The molecule has 0 amide bonds. The SMILES string of the molecule is CSc1cncc(COc2nc(O)c(Cl)cc2CN2CCC(O)C2)c1. The second kappa shape index (κ2) is 8.23. The van der Waals surface area contributed by atoms with Crippen LogP contribution in [0.5, 0.6) is 11.8 Å². The normalized spacial score (nSPS) is 17.8. The molecule has 0 spiro atoms. The number of β-amino-alcohol motifs (C(OH)–C–C–N with tert-alkyl or cyclic N) is 1. The number of aliphatic hydroxyl groups excluding tert-OH is 1. The number of rotatable bonds is 6. The van der Waals surface area contributed by atoms with Gasteiger partial charge in [-0.25, -0.2) is 0 Å². The molecule has 2 aromatic rings. The van der Waals surface area contributed by atoms with Crippen molar-refractivity contribution in [1.29, 1.82) is 0 Å². The van der Waals surface area contributed by atoms with Gasteiger partial charge in [0.2, 0.25) is 11.8 Å². The zero-order valence-electron chi connectivity index (χ0n) is 13.9. The molecule has 1 fully saturated rings. The lowest BCUT2D eigenvalue weighted by atomic mass is 10.2. The summed E-state index contributed by atoms with van der Waals surface area (Å²) in [5.74, 6) is 0.0932. The second-order valence-corrected chi connectivity index (χ2v) is 7.24. The van der Waals surface area contributed by atoms with Crippen molar-refractivity contribution in [1.82, 2.24) is 14.9 Å². The van der Waals surface area contributed by atoms with Gasteiger partial charge in [0, 0.05) is 48.1 Å². The van der Waals surface area contributed by atoms with Crippen molar-refractivity contribution in [2.75, 3.05) is 19.3 Å². The van der Waals surface area contributed by atoms with Gasteiger partial charge in [-0.3, -0.25) is 9.88 Å². The average Bonchev–Trinajstić information content (AvgIpc) is 3.02. The predicted molar refractivity (Wildman–Crippen MR) is 97.2 cm³/mol. The maximum absolute atomic E-state index is 9.81. The first-order chi connectivity index (χ1) is 12.0. The van der Waals surface area contributed by atoms with Crippen molar-refractivity contribution in [3.63, 3.8) is 0 Å². The summed E-state index contributed by atoms with van der Waals surface area (Å²) in [7, 11) is 0. The number of aliphatic hydroxyl groups is 1. The van der Waals surface area contributed by atoms with E-state index in [1.54, 1.807) is 30.2 Å². The molecule has 0 saturated carbocycles. The van der Waals surface area contributed by atoms with E-state index in [-0.39, 0.29) is 17.0 Å². The third-order valence-electron chi connectivity index (χ3n) is 4.02. The fourth-order valence-corrected chi connectivity index (χ4v) is 3.35. The summed E-state index contributed by atoms with van der Waals surface area (Å²) in [5.41, 5.74) is 1.71. The second-order valence-electron chi connectivity index (χ2n) is 5.96. The molecule has 2 aromatic heterocycles. The number of likely N-dealkylation sites (tertiary alicyclic amines) is 1. The molecule has 3 rings (SSSR count). The molecule has 8 heteroatoms. The van der Waals surface area contributed by atoms with Gasteiger partial charge in [-0.05, 0) is 24.8 Å². The van der Waals surface area contributed by atoms with Crippen molar-refractivity contribution >= 4 is 23.4 Å². The molecular weight excluding hydrogens is 362 g/mol. The molecule has 0 aliphatic carbocycles. The van der Waals surface area contributed by atoms with Crippen molar-refractivity contribution in [3.8, 4) is 11.8 Å². The van der Waals surface area contributed by atoms with Crippen LogP contribution in [0.4, 0.5) is 0 Å². The fourth-order valence-electron chi connectivity index (χ4n) is 2.74. The Morgan fingerprint density at radius 2 is 2.24 bits per heavy atom. The number of pyridine rings is 2. The largest absolute Gasteiger partial charge is 0.492 e. The molecule has 1 unspecified atom stereocenters. The number of hydrogen-bond acceptors (Lipinski definition) is 7. The predicted octanol–water partition coefficient (Wildman–Crippen LogP) is 2.70. The third-order valence-corrected chi connectivity index (χ3v) is 4.99. The van der Waals surface area contributed by atoms with Crippen molar-refractivity contribution < 1.29 is 14.9 Å². The van der Waals surface area contributed by atoms with E-state index in [1.807, 2.05) is 12.3 Å². The first kappa shape index (κ1) is 18.3. The lowest BCUT2D eigenvalue weighted by molar-refractivity contribution is 0.174. The van der Waals surface area contributed by atoms with Crippen LogP contribution in [0, 0.1) is 0 Å². The molecule has 3 heterocycles. The summed E-state index contributed by atoms with van der Waals surface area (Å²) in [6.45, 7) is 2.27. The molecule has 1 aliphatic heterocycles. The Morgan fingerprint density at radius 1 is 1.40 bits per heavy atom. The number of halogens is 1. The smallest absolute Gasteiger partial charge is 0.233 e. The Balaban J connectivity index is 1.75. The van der Waals surface area contributed by atoms with Crippen LogP contribution >= 0.6 is 23.4 Å². The summed E-state index contributed by atoms with van der Waals surface area (Å²) in [5, 5.41) is 19.7. The van der Waals surface area contributed by atoms with Gasteiger partial charge in [0.15, 0.2) is 0 Å².